The van der Waals surface area contributed by atoms with Crippen LogP contribution in [0.3, 0.4) is 0 Å². The Morgan fingerprint density at radius 1 is 1.18 bits per heavy atom. The lowest BCUT2D eigenvalue weighted by molar-refractivity contribution is -0.141. The standard InChI is InChI=1S/C30H41ClN2O5/c1-20-9-3-4-13-27(20)38-28-23(11-7-12-24(28)31)30(36,14-5-6-16-37-2)22-10-8-15-33(19-22)29(35)21-17-25(32)26(34)18-21/h3-4,7,9,11-13,21-22,25-26,34,36H,5-6,8,10,14-19,32H2,1-2H3/t21-,22?,25+,26-,30-/m0/s1. The van der Waals surface area contributed by atoms with Gasteiger partial charge >= 0.3 is 0 Å². The first kappa shape index (κ1) is 28.8. The molecule has 1 saturated heterocycles. The number of carbonyl (C=O) groups is 1. The van der Waals surface area contributed by atoms with E-state index in [2.05, 4.69) is 0 Å². The van der Waals surface area contributed by atoms with Crippen molar-refractivity contribution in [2.24, 2.45) is 17.6 Å². The number of nitrogens with two attached hydrogens (primary N) is 1. The van der Waals surface area contributed by atoms with Crippen molar-refractivity contribution in [1.29, 1.82) is 0 Å². The smallest absolute Gasteiger partial charge is 0.225 e. The number of likely N-dealkylation sites (tertiary alicyclic amines) is 1. The highest BCUT2D eigenvalue weighted by molar-refractivity contribution is 6.32. The summed E-state index contributed by atoms with van der Waals surface area (Å²) >= 11 is 6.70. The van der Waals surface area contributed by atoms with Gasteiger partial charge in [0, 0.05) is 50.2 Å². The SMILES string of the molecule is COCCCC[C@@](O)(c1cccc(Cl)c1Oc1ccccc1C)C1CCCN(C(=O)[C@H]2C[C@@H](N)[C@@H](O)C2)C1. The molecule has 0 bridgehead atoms. The van der Waals surface area contributed by atoms with Crippen LogP contribution in [0.15, 0.2) is 42.5 Å². The summed E-state index contributed by atoms with van der Waals surface area (Å²) in [7, 11) is 1.67. The molecular weight excluding hydrogens is 504 g/mol. The third-order valence-corrected chi connectivity index (χ3v) is 8.53. The van der Waals surface area contributed by atoms with E-state index in [4.69, 9.17) is 26.8 Å². The number of benzene rings is 2. The lowest BCUT2D eigenvalue weighted by atomic mass is 9.73. The van der Waals surface area contributed by atoms with Crippen LogP contribution in [0.2, 0.25) is 5.02 Å². The highest BCUT2D eigenvalue weighted by atomic mass is 35.5. The second kappa shape index (κ2) is 12.8. The van der Waals surface area contributed by atoms with Crippen LogP contribution in [0.4, 0.5) is 0 Å². The van der Waals surface area contributed by atoms with Gasteiger partial charge in [-0.05, 0) is 69.6 Å². The van der Waals surface area contributed by atoms with Gasteiger partial charge in [-0.15, -0.1) is 0 Å². The van der Waals surface area contributed by atoms with E-state index in [1.54, 1.807) is 13.2 Å². The predicted octanol–water partition coefficient (Wildman–Crippen LogP) is 4.78. The van der Waals surface area contributed by atoms with Crippen molar-refractivity contribution in [2.45, 2.75) is 69.6 Å². The molecule has 0 spiro atoms. The van der Waals surface area contributed by atoms with Gasteiger partial charge in [0.2, 0.25) is 5.91 Å². The van der Waals surface area contributed by atoms with Crippen LogP contribution in [0, 0.1) is 18.8 Å². The molecule has 2 aliphatic rings. The van der Waals surface area contributed by atoms with E-state index in [-0.39, 0.29) is 23.8 Å². The normalized spacial score (nSPS) is 25.3. The molecule has 7 nitrogen and oxygen atoms in total. The van der Waals surface area contributed by atoms with Gasteiger partial charge in [0.05, 0.1) is 16.7 Å². The van der Waals surface area contributed by atoms with Gasteiger partial charge in [-0.1, -0.05) is 41.9 Å². The quantitative estimate of drug-likeness (QED) is 0.372. The number of piperidine rings is 1. The Hall–Kier alpha value is -2.16. The Morgan fingerprint density at radius 3 is 2.68 bits per heavy atom. The Labute approximate surface area is 230 Å². The molecule has 4 rings (SSSR count). The highest BCUT2D eigenvalue weighted by Crippen LogP contribution is 2.47. The van der Waals surface area contributed by atoms with Gasteiger partial charge in [-0.2, -0.15) is 0 Å². The summed E-state index contributed by atoms with van der Waals surface area (Å²) in [4.78, 5) is 15.3. The van der Waals surface area contributed by atoms with Crippen LogP contribution in [0.1, 0.15) is 56.1 Å². The van der Waals surface area contributed by atoms with Crippen LogP contribution in [0.25, 0.3) is 0 Å². The largest absolute Gasteiger partial charge is 0.455 e. The number of para-hydroxylation sites is 2. The van der Waals surface area contributed by atoms with Crippen molar-refractivity contribution in [2.75, 3.05) is 26.8 Å². The molecule has 0 radical (unpaired) electrons. The fraction of sp³-hybridized carbons (Fsp3) is 0.567. The molecule has 38 heavy (non-hydrogen) atoms. The Balaban J connectivity index is 1.65. The van der Waals surface area contributed by atoms with Crippen molar-refractivity contribution in [3.8, 4) is 11.5 Å². The maximum atomic E-state index is 13.4. The second-order valence-electron chi connectivity index (χ2n) is 10.9. The monoisotopic (exact) mass is 544 g/mol. The summed E-state index contributed by atoms with van der Waals surface area (Å²) in [6.45, 7) is 3.65. The van der Waals surface area contributed by atoms with E-state index in [0.29, 0.717) is 61.0 Å². The average Bonchev–Trinajstić information content (AvgIpc) is 3.26. The average molecular weight is 545 g/mol. The number of nitrogens with zero attached hydrogens (tertiary/aromatic N) is 1. The fourth-order valence-electron chi connectivity index (χ4n) is 6.01. The van der Waals surface area contributed by atoms with E-state index in [1.807, 2.05) is 48.2 Å². The number of halogens is 1. The predicted molar refractivity (Wildman–Crippen MR) is 148 cm³/mol. The summed E-state index contributed by atoms with van der Waals surface area (Å²) in [5.74, 6) is 0.664. The molecule has 2 aromatic carbocycles. The van der Waals surface area contributed by atoms with Crippen molar-refractivity contribution in [3.63, 3.8) is 0 Å². The number of rotatable bonds is 10. The molecule has 5 atom stereocenters. The number of aliphatic hydroxyl groups is 2. The molecule has 208 valence electrons. The van der Waals surface area contributed by atoms with Gasteiger partial charge in [0.15, 0.2) is 5.75 Å². The minimum Gasteiger partial charge on any atom is -0.455 e. The van der Waals surface area contributed by atoms with E-state index in [1.165, 1.54) is 0 Å². The molecule has 8 heteroatoms. The van der Waals surface area contributed by atoms with Gasteiger partial charge in [0.25, 0.3) is 0 Å². The molecule has 1 saturated carbocycles. The number of methoxy groups -OCH3 is 1. The van der Waals surface area contributed by atoms with Gasteiger partial charge in [0.1, 0.15) is 5.75 Å². The molecule has 1 heterocycles. The van der Waals surface area contributed by atoms with E-state index < -0.39 is 11.7 Å². The van der Waals surface area contributed by atoms with Gasteiger partial charge < -0.3 is 30.3 Å². The highest BCUT2D eigenvalue weighted by Gasteiger charge is 2.45. The number of hydrogen-bond acceptors (Lipinski definition) is 6. The first-order valence-corrected chi connectivity index (χ1v) is 14.1. The van der Waals surface area contributed by atoms with Crippen LogP contribution < -0.4 is 10.5 Å². The summed E-state index contributed by atoms with van der Waals surface area (Å²) in [6.07, 6.45) is 3.84. The molecule has 2 aromatic rings. The fourth-order valence-corrected chi connectivity index (χ4v) is 6.22. The maximum absolute atomic E-state index is 13.4. The third-order valence-electron chi connectivity index (χ3n) is 8.23. The number of ether oxygens (including phenoxy) is 2. The van der Waals surface area contributed by atoms with Crippen molar-refractivity contribution in [3.05, 3.63) is 58.6 Å². The Morgan fingerprint density at radius 2 is 1.97 bits per heavy atom. The first-order chi connectivity index (χ1) is 18.2. The first-order valence-electron chi connectivity index (χ1n) is 13.7. The molecular formula is C30H41ClN2O5. The zero-order chi connectivity index (χ0) is 27.3. The molecule has 1 unspecified atom stereocenters. The van der Waals surface area contributed by atoms with Crippen LogP contribution in [-0.2, 0) is 15.1 Å². The van der Waals surface area contributed by atoms with Gasteiger partial charge in [-0.25, -0.2) is 0 Å². The molecule has 1 aliphatic heterocycles. The topological polar surface area (TPSA) is 105 Å². The zero-order valence-corrected chi connectivity index (χ0v) is 23.2. The van der Waals surface area contributed by atoms with Crippen LogP contribution in [0.5, 0.6) is 11.5 Å². The Kier molecular flexibility index (Phi) is 9.71. The summed E-state index contributed by atoms with van der Waals surface area (Å²) in [5, 5.41) is 23.1. The van der Waals surface area contributed by atoms with Crippen molar-refractivity contribution in [1.82, 2.24) is 4.90 Å². The van der Waals surface area contributed by atoms with Crippen molar-refractivity contribution >= 4 is 17.5 Å². The molecule has 0 aromatic heterocycles. The van der Waals surface area contributed by atoms with E-state index in [0.717, 1.165) is 31.2 Å². The zero-order valence-electron chi connectivity index (χ0n) is 22.4. The lowest BCUT2D eigenvalue weighted by Crippen LogP contribution is -2.49. The van der Waals surface area contributed by atoms with Crippen LogP contribution in [-0.4, -0.2) is 60.0 Å². The van der Waals surface area contributed by atoms with Gasteiger partial charge in [-0.3, -0.25) is 4.79 Å². The van der Waals surface area contributed by atoms with Crippen molar-refractivity contribution < 1.29 is 24.5 Å². The second-order valence-corrected chi connectivity index (χ2v) is 11.3. The molecule has 4 N–H and O–H groups in total. The maximum Gasteiger partial charge on any atom is 0.225 e. The minimum absolute atomic E-state index is 0.0194. The number of aliphatic hydroxyl groups excluding tert-OH is 1. The number of aryl methyl sites for hydroxylation is 1. The third kappa shape index (κ3) is 6.35. The molecule has 1 aliphatic carbocycles. The summed E-state index contributed by atoms with van der Waals surface area (Å²) < 4.78 is 11.6. The number of amides is 1. The summed E-state index contributed by atoms with van der Waals surface area (Å²) in [6, 6.07) is 12.9. The minimum atomic E-state index is -1.26. The van der Waals surface area contributed by atoms with E-state index >= 15 is 0 Å². The van der Waals surface area contributed by atoms with Crippen LogP contribution >= 0.6 is 11.6 Å². The summed E-state index contributed by atoms with van der Waals surface area (Å²) in [5.41, 5.74) is 6.34. The molecule has 2 fully saturated rings. The number of carbonyl (C=O) groups excluding carboxylic acids is 1. The molecule has 1 amide bonds. The Bertz CT molecular complexity index is 1090. The number of unbranched alkanes of at least 4 members (excludes halogenated alkanes) is 1. The van der Waals surface area contributed by atoms with E-state index in [9.17, 15) is 15.0 Å². The number of hydrogen-bond donors (Lipinski definition) is 3. The lowest BCUT2D eigenvalue weighted by Gasteiger charge is -2.44.